The van der Waals surface area contributed by atoms with E-state index < -0.39 is 6.04 Å². The maximum Gasteiger partial charge on any atom is 0.217 e. The Morgan fingerprint density at radius 1 is 1.12 bits per heavy atom. The van der Waals surface area contributed by atoms with Crippen molar-refractivity contribution in [3.05, 3.63) is 68.8 Å². The molecule has 25 heavy (non-hydrogen) atoms. The molecule has 3 aromatic rings. The Labute approximate surface area is 159 Å². The number of aromatic hydroxyl groups is 1. The van der Waals surface area contributed by atoms with E-state index in [4.69, 9.17) is 34.8 Å². The Hall–Kier alpha value is -2.01. The molecule has 0 aliphatic heterocycles. The predicted octanol–water partition coefficient (Wildman–Crippen LogP) is 5.13. The van der Waals surface area contributed by atoms with Crippen LogP contribution in [0.2, 0.25) is 15.1 Å². The number of carbonyl (C=O) groups excluding carboxylic acids is 1. The van der Waals surface area contributed by atoms with E-state index in [-0.39, 0.29) is 11.7 Å². The molecule has 0 aliphatic rings. The third-order valence-corrected chi connectivity index (χ3v) is 4.65. The van der Waals surface area contributed by atoms with Crippen LogP contribution in [-0.2, 0) is 4.79 Å². The van der Waals surface area contributed by atoms with Crippen molar-refractivity contribution in [1.82, 2.24) is 10.3 Å². The highest BCUT2D eigenvalue weighted by Crippen LogP contribution is 2.40. The van der Waals surface area contributed by atoms with Gasteiger partial charge >= 0.3 is 0 Å². The number of halogens is 3. The summed E-state index contributed by atoms with van der Waals surface area (Å²) in [7, 11) is 0. The zero-order valence-electron chi connectivity index (χ0n) is 13.1. The molecule has 0 saturated heterocycles. The molecule has 0 fully saturated rings. The number of phenols is 1. The number of rotatable bonds is 3. The molecule has 2 aromatic carbocycles. The van der Waals surface area contributed by atoms with Gasteiger partial charge in [0, 0.05) is 34.1 Å². The van der Waals surface area contributed by atoms with Crippen molar-refractivity contribution in [3.8, 4) is 5.75 Å². The zero-order valence-corrected chi connectivity index (χ0v) is 15.3. The van der Waals surface area contributed by atoms with Crippen molar-refractivity contribution in [2.75, 3.05) is 0 Å². The van der Waals surface area contributed by atoms with Crippen LogP contribution in [0.4, 0.5) is 0 Å². The van der Waals surface area contributed by atoms with Gasteiger partial charge in [-0.3, -0.25) is 9.78 Å². The fourth-order valence-electron chi connectivity index (χ4n) is 2.69. The second-order valence-corrected chi connectivity index (χ2v) is 6.75. The molecular weight excluding hydrogens is 383 g/mol. The van der Waals surface area contributed by atoms with Crippen LogP contribution in [0.3, 0.4) is 0 Å². The lowest BCUT2D eigenvalue weighted by atomic mass is 9.96. The highest BCUT2D eigenvalue weighted by Gasteiger charge is 2.24. The number of carbonyl (C=O) groups is 1. The van der Waals surface area contributed by atoms with Crippen LogP contribution in [0.25, 0.3) is 10.9 Å². The molecule has 0 radical (unpaired) electrons. The van der Waals surface area contributed by atoms with Gasteiger partial charge in [0.2, 0.25) is 5.91 Å². The van der Waals surface area contributed by atoms with Crippen LogP contribution in [0.5, 0.6) is 5.75 Å². The smallest absolute Gasteiger partial charge is 0.217 e. The molecule has 3 rings (SSSR count). The monoisotopic (exact) mass is 394 g/mol. The summed E-state index contributed by atoms with van der Waals surface area (Å²) in [5, 5.41) is 15.4. The number of fused-ring (bicyclic) bond motifs is 1. The largest absolute Gasteiger partial charge is 0.505 e. The van der Waals surface area contributed by atoms with E-state index >= 15 is 0 Å². The summed E-state index contributed by atoms with van der Waals surface area (Å²) in [6.07, 6.45) is 1.56. The fourth-order valence-corrected chi connectivity index (χ4v) is 3.48. The molecule has 1 aromatic heterocycles. The number of amides is 1. The molecule has 128 valence electrons. The molecule has 2 N–H and O–H groups in total. The number of pyridine rings is 1. The number of phenolic OH excluding ortho intramolecular Hbond substituents is 1. The fraction of sp³-hybridized carbons (Fsp3) is 0.111. The SMILES string of the molecule is CC(=O)NC(c1ccc(Cl)cc1Cl)c1cc(Cl)c2cccnc2c1O. The highest BCUT2D eigenvalue weighted by atomic mass is 35.5. The molecule has 0 spiro atoms. The summed E-state index contributed by atoms with van der Waals surface area (Å²) in [5.41, 5.74) is 1.34. The van der Waals surface area contributed by atoms with Gasteiger partial charge in [-0.1, -0.05) is 40.9 Å². The predicted molar refractivity (Wildman–Crippen MR) is 101 cm³/mol. The minimum atomic E-state index is -0.703. The lowest BCUT2D eigenvalue weighted by molar-refractivity contribution is -0.119. The summed E-state index contributed by atoms with van der Waals surface area (Å²) in [6, 6.07) is 9.33. The third-order valence-electron chi connectivity index (χ3n) is 3.78. The second-order valence-electron chi connectivity index (χ2n) is 5.50. The first-order chi connectivity index (χ1) is 11.9. The minimum Gasteiger partial charge on any atom is -0.505 e. The van der Waals surface area contributed by atoms with Gasteiger partial charge in [-0.25, -0.2) is 0 Å². The van der Waals surface area contributed by atoms with Gasteiger partial charge < -0.3 is 10.4 Å². The minimum absolute atomic E-state index is 0.0650. The molecule has 1 unspecified atom stereocenters. The van der Waals surface area contributed by atoms with Crippen molar-refractivity contribution >= 4 is 51.6 Å². The van der Waals surface area contributed by atoms with Gasteiger partial charge in [-0.15, -0.1) is 0 Å². The van der Waals surface area contributed by atoms with Crippen molar-refractivity contribution < 1.29 is 9.90 Å². The Bertz CT molecular complexity index is 976. The molecule has 4 nitrogen and oxygen atoms in total. The molecule has 0 bridgehead atoms. The molecule has 0 aliphatic carbocycles. The number of hydrogen-bond acceptors (Lipinski definition) is 3. The molecular formula is C18H13Cl3N2O2. The topological polar surface area (TPSA) is 62.2 Å². The lowest BCUT2D eigenvalue weighted by Crippen LogP contribution is -2.27. The van der Waals surface area contributed by atoms with Gasteiger partial charge in [-0.2, -0.15) is 0 Å². The average Bonchev–Trinajstić information content (AvgIpc) is 2.56. The second kappa shape index (κ2) is 7.08. The van der Waals surface area contributed by atoms with E-state index in [0.29, 0.717) is 37.1 Å². The first kappa shape index (κ1) is 17.8. The average molecular weight is 396 g/mol. The van der Waals surface area contributed by atoms with E-state index in [1.807, 2.05) is 0 Å². The van der Waals surface area contributed by atoms with Crippen LogP contribution in [-0.4, -0.2) is 16.0 Å². The highest BCUT2D eigenvalue weighted by molar-refractivity contribution is 6.36. The van der Waals surface area contributed by atoms with E-state index in [1.165, 1.54) is 6.92 Å². The van der Waals surface area contributed by atoms with E-state index in [9.17, 15) is 9.90 Å². The van der Waals surface area contributed by atoms with Gasteiger partial charge in [0.1, 0.15) is 11.3 Å². The number of hydrogen-bond donors (Lipinski definition) is 2. The van der Waals surface area contributed by atoms with Gasteiger partial charge in [0.25, 0.3) is 0 Å². The number of aromatic nitrogens is 1. The first-order valence-electron chi connectivity index (χ1n) is 7.36. The van der Waals surface area contributed by atoms with Crippen molar-refractivity contribution in [2.45, 2.75) is 13.0 Å². The molecule has 1 amide bonds. The van der Waals surface area contributed by atoms with Gasteiger partial charge in [-0.05, 0) is 35.9 Å². The van der Waals surface area contributed by atoms with E-state index in [1.54, 1.807) is 42.6 Å². The van der Waals surface area contributed by atoms with Crippen LogP contribution in [0, 0.1) is 0 Å². The van der Waals surface area contributed by atoms with Crippen molar-refractivity contribution in [3.63, 3.8) is 0 Å². The number of nitrogens with one attached hydrogen (secondary N) is 1. The van der Waals surface area contributed by atoms with E-state index in [2.05, 4.69) is 10.3 Å². The van der Waals surface area contributed by atoms with Crippen molar-refractivity contribution in [1.29, 1.82) is 0 Å². The summed E-state index contributed by atoms with van der Waals surface area (Å²) in [4.78, 5) is 15.9. The van der Waals surface area contributed by atoms with Crippen LogP contribution < -0.4 is 5.32 Å². The third kappa shape index (κ3) is 3.52. The molecule has 1 atom stereocenters. The molecule has 1 heterocycles. The normalized spacial score (nSPS) is 12.2. The standard InChI is InChI=1S/C18H13Cl3N2O2/c1-9(24)23-16(12-5-4-10(19)7-14(12)20)13-8-15(21)11-3-2-6-22-17(11)18(13)25/h2-8,16,25H,1H3,(H,23,24). The summed E-state index contributed by atoms with van der Waals surface area (Å²) >= 11 is 18.6. The Kier molecular flexibility index (Phi) is 5.04. The van der Waals surface area contributed by atoms with Crippen LogP contribution in [0.15, 0.2) is 42.6 Å². The maximum atomic E-state index is 11.7. The lowest BCUT2D eigenvalue weighted by Gasteiger charge is -2.22. The summed E-state index contributed by atoms with van der Waals surface area (Å²) in [6.45, 7) is 1.38. The Balaban J connectivity index is 2.25. The Morgan fingerprint density at radius 2 is 1.88 bits per heavy atom. The first-order valence-corrected chi connectivity index (χ1v) is 8.50. The summed E-state index contributed by atoms with van der Waals surface area (Å²) < 4.78 is 0. The van der Waals surface area contributed by atoms with Crippen LogP contribution >= 0.6 is 34.8 Å². The summed E-state index contributed by atoms with van der Waals surface area (Å²) in [5.74, 6) is -0.350. The number of nitrogens with zero attached hydrogens (tertiary/aromatic N) is 1. The molecule has 7 heteroatoms. The zero-order chi connectivity index (χ0) is 18.1. The van der Waals surface area contributed by atoms with Gasteiger partial charge in [0.15, 0.2) is 0 Å². The quantitative estimate of drug-likeness (QED) is 0.646. The van der Waals surface area contributed by atoms with Crippen LogP contribution in [0.1, 0.15) is 24.1 Å². The molecule has 0 saturated carbocycles. The van der Waals surface area contributed by atoms with Crippen molar-refractivity contribution in [2.24, 2.45) is 0 Å². The number of benzene rings is 2. The van der Waals surface area contributed by atoms with E-state index in [0.717, 1.165) is 0 Å². The van der Waals surface area contributed by atoms with Gasteiger partial charge in [0.05, 0.1) is 11.1 Å². The maximum absolute atomic E-state index is 11.7. The Morgan fingerprint density at radius 3 is 2.56 bits per heavy atom.